The number of hydrogen-bond donors (Lipinski definition) is 1. The lowest BCUT2D eigenvalue weighted by molar-refractivity contribution is 1.23. The van der Waals surface area contributed by atoms with Crippen LogP contribution in [-0.2, 0) is 0 Å². The average Bonchev–Trinajstić information content (AvgIpc) is 3.15. The topological polar surface area (TPSA) is 0 Å². The van der Waals surface area contributed by atoms with Gasteiger partial charge in [-0.05, 0) is 80.3 Å². The van der Waals surface area contributed by atoms with Crippen molar-refractivity contribution in [3.8, 4) is 22.3 Å². The Labute approximate surface area is 219 Å². The number of hydrogen-bond acceptors (Lipinski definition) is 1. The number of fused-ring (bicyclic) bond motifs is 4. The Bertz CT molecular complexity index is 1630. The van der Waals surface area contributed by atoms with Crippen LogP contribution in [0.2, 0.25) is 0 Å². The van der Waals surface area contributed by atoms with E-state index >= 15 is 0 Å². The Balaban J connectivity index is 1.89. The number of allylic oxidation sites excluding steroid dienone is 8. The highest BCUT2D eigenvalue weighted by molar-refractivity contribution is 7.81. The normalized spacial score (nSPS) is 18.0. The van der Waals surface area contributed by atoms with Gasteiger partial charge in [0.2, 0.25) is 0 Å². The van der Waals surface area contributed by atoms with Gasteiger partial charge in [0.1, 0.15) is 0 Å². The van der Waals surface area contributed by atoms with Gasteiger partial charge in [0.15, 0.2) is 0 Å². The molecule has 0 heterocycles. The fourth-order valence-corrected chi connectivity index (χ4v) is 5.91. The second-order valence-corrected chi connectivity index (χ2v) is 9.91. The third kappa shape index (κ3) is 3.54. The average molecular weight is 481 g/mol. The van der Waals surface area contributed by atoms with Crippen LogP contribution < -0.4 is 0 Å². The highest BCUT2D eigenvalue weighted by Gasteiger charge is 2.35. The molecule has 0 spiro atoms. The molecular weight excluding hydrogens is 452 g/mol. The molecular formula is C35H28S. The summed E-state index contributed by atoms with van der Waals surface area (Å²) in [5.41, 5.74) is 12.9. The zero-order valence-electron chi connectivity index (χ0n) is 20.6. The molecule has 0 radical (unpaired) electrons. The first kappa shape index (κ1) is 22.6. The van der Waals surface area contributed by atoms with E-state index in [0.717, 1.165) is 0 Å². The number of benzene rings is 4. The van der Waals surface area contributed by atoms with Crippen LogP contribution >= 0.6 is 12.6 Å². The van der Waals surface area contributed by atoms with E-state index in [1.165, 1.54) is 66.4 Å². The zero-order valence-corrected chi connectivity index (χ0v) is 21.5. The molecule has 4 aromatic rings. The van der Waals surface area contributed by atoms with Crippen LogP contribution in [0.1, 0.15) is 25.0 Å². The van der Waals surface area contributed by atoms with E-state index in [2.05, 4.69) is 135 Å². The van der Waals surface area contributed by atoms with E-state index in [1.54, 1.807) is 0 Å². The molecule has 0 amide bonds. The summed E-state index contributed by atoms with van der Waals surface area (Å²) >= 11 is 4.95. The van der Waals surface area contributed by atoms with Gasteiger partial charge in [-0.3, -0.25) is 0 Å². The first-order valence-corrected chi connectivity index (χ1v) is 13.0. The lowest BCUT2D eigenvalue weighted by atomic mass is 9.83. The number of thiol groups is 1. The molecule has 1 atom stereocenters. The van der Waals surface area contributed by atoms with E-state index in [9.17, 15) is 0 Å². The second-order valence-electron chi connectivity index (χ2n) is 9.35. The molecule has 6 rings (SSSR count). The molecule has 0 nitrogen and oxygen atoms in total. The summed E-state index contributed by atoms with van der Waals surface area (Å²) in [6, 6.07) is 30.6. The molecule has 0 N–H and O–H groups in total. The van der Waals surface area contributed by atoms with Crippen LogP contribution in [0, 0.1) is 0 Å². The number of rotatable bonds is 3. The molecule has 1 heteroatoms. The second kappa shape index (κ2) is 9.33. The zero-order chi connectivity index (χ0) is 24.6. The molecule has 0 aromatic heterocycles. The highest BCUT2D eigenvalue weighted by atomic mass is 32.1. The molecule has 2 aliphatic rings. The predicted molar refractivity (Wildman–Crippen MR) is 160 cm³/mol. The van der Waals surface area contributed by atoms with Crippen LogP contribution in [0.5, 0.6) is 0 Å². The van der Waals surface area contributed by atoms with Crippen molar-refractivity contribution in [1.82, 2.24) is 0 Å². The van der Waals surface area contributed by atoms with Gasteiger partial charge in [-0.1, -0.05) is 121 Å². The first-order valence-electron chi connectivity index (χ1n) is 12.5. The third-order valence-electron chi connectivity index (χ3n) is 7.27. The van der Waals surface area contributed by atoms with Gasteiger partial charge in [-0.15, -0.1) is 0 Å². The monoisotopic (exact) mass is 480 g/mol. The molecule has 36 heavy (non-hydrogen) atoms. The van der Waals surface area contributed by atoms with E-state index in [4.69, 9.17) is 12.6 Å². The summed E-state index contributed by atoms with van der Waals surface area (Å²) in [6.07, 6.45) is 13.2. The van der Waals surface area contributed by atoms with E-state index in [-0.39, 0.29) is 5.25 Å². The molecule has 4 aromatic carbocycles. The van der Waals surface area contributed by atoms with E-state index in [0.29, 0.717) is 0 Å². The summed E-state index contributed by atoms with van der Waals surface area (Å²) in [6.45, 7) is 4.31. The lowest BCUT2D eigenvalue weighted by Gasteiger charge is -2.20. The Morgan fingerprint density at radius 1 is 0.694 bits per heavy atom. The third-order valence-corrected chi connectivity index (χ3v) is 7.83. The van der Waals surface area contributed by atoms with Crippen molar-refractivity contribution in [2.45, 2.75) is 19.1 Å². The molecule has 174 valence electrons. The Morgan fingerprint density at radius 2 is 1.25 bits per heavy atom. The standard InChI is InChI=1S/C35H28S/c1-3-4-18-28-31-23(2)30(36)22-13-21-29(31)35-33(25-16-9-6-10-17-25)27-20-12-11-19-26(27)32(34(28)35)24-14-7-5-8-15-24/h3-22,30,36H,1-2H3/b4-3-,28-18+. The smallest absolute Gasteiger partial charge is 0.0416 e. The van der Waals surface area contributed by atoms with Gasteiger partial charge in [0.25, 0.3) is 0 Å². The van der Waals surface area contributed by atoms with E-state index < -0.39 is 0 Å². The minimum atomic E-state index is 0.0758. The summed E-state index contributed by atoms with van der Waals surface area (Å²) in [5, 5.41) is 2.63. The maximum atomic E-state index is 4.95. The molecule has 0 saturated carbocycles. The maximum absolute atomic E-state index is 4.95. The maximum Gasteiger partial charge on any atom is 0.0416 e. The summed E-state index contributed by atoms with van der Waals surface area (Å²) in [4.78, 5) is 0. The Morgan fingerprint density at radius 3 is 1.83 bits per heavy atom. The van der Waals surface area contributed by atoms with Crippen molar-refractivity contribution in [2.75, 3.05) is 0 Å². The van der Waals surface area contributed by atoms with E-state index in [1.807, 2.05) is 0 Å². The van der Waals surface area contributed by atoms with Gasteiger partial charge in [-0.25, -0.2) is 0 Å². The van der Waals surface area contributed by atoms with Gasteiger partial charge in [0, 0.05) is 5.25 Å². The van der Waals surface area contributed by atoms with Crippen molar-refractivity contribution in [3.63, 3.8) is 0 Å². The van der Waals surface area contributed by atoms with Crippen LogP contribution in [-0.4, -0.2) is 5.25 Å². The molecule has 0 bridgehead atoms. The van der Waals surface area contributed by atoms with Gasteiger partial charge >= 0.3 is 0 Å². The first-order chi connectivity index (χ1) is 17.7. The SMILES string of the molecule is C/C=C\C=C1/C2=C(C)C(S)C=CC=C2c2c1c(-c1ccccc1)c1ccccc1c2-c1ccccc1. The van der Waals surface area contributed by atoms with Crippen molar-refractivity contribution in [1.29, 1.82) is 0 Å². The molecule has 0 saturated heterocycles. The van der Waals surface area contributed by atoms with Crippen LogP contribution in [0.3, 0.4) is 0 Å². The summed E-state index contributed by atoms with van der Waals surface area (Å²) in [5.74, 6) is 0. The summed E-state index contributed by atoms with van der Waals surface area (Å²) in [7, 11) is 0. The van der Waals surface area contributed by atoms with Gasteiger partial charge in [-0.2, -0.15) is 12.6 Å². The Hall–Kier alpha value is -3.81. The lowest BCUT2D eigenvalue weighted by Crippen LogP contribution is -1.99. The summed E-state index contributed by atoms with van der Waals surface area (Å²) < 4.78 is 0. The molecule has 2 aliphatic carbocycles. The molecule has 0 fully saturated rings. The molecule has 1 unspecified atom stereocenters. The van der Waals surface area contributed by atoms with Crippen LogP contribution in [0.25, 0.3) is 44.2 Å². The molecule has 0 aliphatic heterocycles. The van der Waals surface area contributed by atoms with Crippen LogP contribution in [0.4, 0.5) is 0 Å². The fraction of sp³-hybridized carbons (Fsp3) is 0.0857. The Kier molecular flexibility index (Phi) is 5.87. The predicted octanol–water partition coefficient (Wildman–Crippen LogP) is 9.71. The largest absolute Gasteiger partial charge is 0.167 e. The fourth-order valence-electron chi connectivity index (χ4n) is 5.68. The quantitative estimate of drug-likeness (QED) is 0.277. The highest BCUT2D eigenvalue weighted by Crippen LogP contribution is 2.57. The van der Waals surface area contributed by atoms with Crippen molar-refractivity contribution in [2.24, 2.45) is 0 Å². The minimum absolute atomic E-state index is 0.0758. The van der Waals surface area contributed by atoms with Gasteiger partial charge < -0.3 is 0 Å². The van der Waals surface area contributed by atoms with Crippen molar-refractivity contribution in [3.05, 3.63) is 144 Å². The van der Waals surface area contributed by atoms with Crippen molar-refractivity contribution >= 4 is 34.5 Å². The van der Waals surface area contributed by atoms with Crippen molar-refractivity contribution < 1.29 is 0 Å². The van der Waals surface area contributed by atoms with Gasteiger partial charge in [0.05, 0.1) is 0 Å². The minimum Gasteiger partial charge on any atom is -0.167 e. The van der Waals surface area contributed by atoms with Crippen LogP contribution in [0.15, 0.2) is 133 Å².